The molecule has 1 aliphatic heterocycles. The van der Waals surface area contributed by atoms with Gasteiger partial charge in [0, 0.05) is 6.54 Å². The summed E-state index contributed by atoms with van der Waals surface area (Å²) in [5.74, 6) is -3.63. The number of aromatic nitrogens is 2. The molecule has 1 aromatic rings. The Balaban J connectivity index is 2.36. The number of alkyl halides is 2. The van der Waals surface area contributed by atoms with Crippen LogP contribution in [0.1, 0.15) is 23.1 Å². The molecule has 0 atom stereocenters. The molecule has 2 rings (SSSR count). The number of hydrogen-bond donors (Lipinski definition) is 1. The van der Waals surface area contributed by atoms with Gasteiger partial charge >= 0.3 is 5.97 Å². The molecule has 8 heteroatoms. The van der Waals surface area contributed by atoms with Gasteiger partial charge in [-0.05, 0) is 6.92 Å². The second kappa shape index (κ2) is 4.81. The Morgan fingerprint density at radius 1 is 1.67 bits per heavy atom. The van der Waals surface area contributed by atoms with Crippen LogP contribution >= 0.6 is 11.6 Å². The molecular formula is C10H12ClF2N3O2. The van der Waals surface area contributed by atoms with Gasteiger partial charge in [-0.3, -0.25) is 4.68 Å². The van der Waals surface area contributed by atoms with E-state index in [4.69, 9.17) is 16.3 Å². The van der Waals surface area contributed by atoms with Crippen LogP contribution in [-0.4, -0.2) is 34.8 Å². The topological polar surface area (TPSA) is 56.1 Å². The molecule has 0 amide bonds. The maximum atomic E-state index is 13.4. The Morgan fingerprint density at radius 3 is 3.06 bits per heavy atom. The van der Waals surface area contributed by atoms with E-state index in [1.165, 1.54) is 0 Å². The molecule has 0 spiro atoms. The van der Waals surface area contributed by atoms with Gasteiger partial charge in [0.25, 0.3) is 5.92 Å². The van der Waals surface area contributed by atoms with Crippen molar-refractivity contribution in [2.24, 2.45) is 0 Å². The average molecular weight is 280 g/mol. The summed E-state index contributed by atoms with van der Waals surface area (Å²) in [7, 11) is 0. The summed E-state index contributed by atoms with van der Waals surface area (Å²) >= 11 is 5.97. The predicted molar refractivity (Wildman–Crippen MR) is 59.8 cm³/mol. The van der Waals surface area contributed by atoms with Crippen molar-refractivity contribution in [2.45, 2.75) is 25.9 Å². The number of rotatable bonds is 2. The van der Waals surface area contributed by atoms with Crippen molar-refractivity contribution in [1.82, 2.24) is 15.1 Å². The maximum Gasteiger partial charge on any atom is 0.360 e. The third-order valence-electron chi connectivity index (χ3n) is 2.52. The molecule has 18 heavy (non-hydrogen) atoms. The summed E-state index contributed by atoms with van der Waals surface area (Å²) in [6.07, 6.45) is 0. The predicted octanol–water partition coefficient (Wildman–Crippen LogP) is 1.45. The van der Waals surface area contributed by atoms with Crippen LogP contribution in [0, 0.1) is 0 Å². The lowest BCUT2D eigenvalue weighted by Gasteiger charge is -2.12. The first-order chi connectivity index (χ1) is 8.44. The summed E-state index contributed by atoms with van der Waals surface area (Å²) in [5.41, 5.74) is 0.255. The van der Waals surface area contributed by atoms with Crippen molar-refractivity contribution in [2.75, 3.05) is 13.2 Å². The molecule has 0 aromatic carbocycles. The van der Waals surface area contributed by atoms with E-state index >= 15 is 0 Å². The lowest BCUT2D eigenvalue weighted by atomic mass is 10.3. The number of nitrogens with one attached hydrogen (secondary N) is 1. The highest BCUT2D eigenvalue weighted by Crippen LogP contribution is 2.27. The molecule has 0 aliphatic carbocycles. The number of hydrogen-bond acceptors (Lipinski definition) is 4. The molecular weight excluding hydrogens is 268 g/mol. The summed E-state index contributed by atoms with van der Waals surface area (Å²) in [4.78, 5) is 11.5. The third-order valence-corrected chi connectivity index (χ3v) is 2.92. The first-order valence-corrected chi connectivity index (χ1v) is 5.83. The number of fused-ring (bicyclic) bond motifs is 1. The van der Waals surface area contributed by atoms with Crippen molar-refractivity contribution < 1.29 is 18.3 Å². The van der Waals surface area contributed by atoms with E-state index in [9.17, 15) is 13.6 Å². The third kappa shape index (κ3) is 2.46. The van der Waals surface area contributed by atoms with Crippen LogP contribution in [0.4, 0.5) is 8.78 Å². The lowest BCUT2D eigenvalue weighted by Crippen LogP contribution is -2.33. The Labute approximate surface area is 107 Å². The van der Waals surface area contributed by atoms with Crippen LogP contribution in [0.5, 0.6) is 0 Å². The van der Waals surface area contributed by atoms with Crippen molar-refractivity contribution >= 4 is 17.6 Å². The van der Waals surface area contributed by atoms with Gasteiger partial charge in [-0.25, -0.2) is 13.6 Å². The highest BCUT2D eigenvalue weighted by atomic mass is 35.5. The molecule has 0 fully saturated rings. The SMILES string of the molecule is CCOC(=O)c1nn2c(c1Cl)CNCC(F)(F)C2. The van der Waals surface area contributed by atoms with Crippen LogP contribution in [-0.2, 0) is 17.8 Å². The normalized spacial score (nSPS) is 18.0. The number of ether oxygens (including phenoxy) is 1. The van der Waals surface area contributed by atoms with Crippen LogP contribution < -0.4 is 5.32 Å². The van der Waals surface area contributed by atoms with Crippen molar-refractivity contribution in [1.29, 1.82) is 0 Å². The second-order valence-electron chi connectivity index (χ2n) is 3.95. The quantitative estimate of drug-likeness (QED) is 0.833. The van der Waals surface area contributed by atoms with Crippen molar-refractivity contribution in [3.05, 3.63) is 16.4 Å². The van der Waals surface area contributed by atoms with Crippen molar-refractivity contribution in [3.8, 4) is 0 Å². The minimum Gasteiger partial charge on any atom is -0.461 e. The Hall–Kier alpha value is -1.21. The summed E-state index contributed by atoms with van der Waals surface area (Å²) in [6, 6.07) is 0. The van der Waals surface area contributed by atoms with Crippen LogP contribution in [0.15, 0.2) is 0 Å². The molecule has 0 saturated carbocycles. The molecule has 0 saturated heterocycles. The second-order valence-corrected chi connectivity index (χ2v) is 4.32. The van der Waals surface area contributed by atoms with Crippen LogP contribution in [0.25, 0.3) is 0 Å². The lowest BCUT2D eigenvalue weighted by molar-refractivity contribution is -0.0137. The van der Waals surface area contributed by atoms with Gasteiger partial charge in [0.15, 0.2) is 5.69 Å². The van der Waals surface area contributed by atoms with Gasteiger partial charge in [0.2, 0.25) is 0 Å². The fraction of sp³-hybridized carbons (Fsp3) is 0.600. The zero-order valence-electron chi connectivity index (χ0n) is 9.67. The Morgan fingerprint density at radius 2 is 2.39 bits per heavy atom. The zero-order valence-corrected chi connectivity index (χ0v) is 10.4. The molecule has 2 heterocycles. The first kappa shape index (κ1) is 13.2. The number of carbonyl (C=O) groups excluding carboxylic acids is 1. The standard InChI is InChI=1S/C10H12ClF2N3O2/c1-2-18-9(17)8-7(11)6-3-14-4-10(12,13)5-16(6)15-8/h14H,2-5H2,1H3. The average Bonchev–Trinajstić information content (AvgIpc) is 2.49. The van der Waals surface area contributed by atoms with Gasteiger partial charge < -0.3 is 10.1 Å². The molecule has 1 aromatic heterocycles. The van der Waals surface area contributed by atoms with Crippen LogP contribution in [0.3, 0.4) is 0 Å². The summed E-state index contributed by atoms with van der Waals surface area (Å²) in [6.45, 7) is 0.908. The Kier molecular flexibility index (Phi) is 3.54. The molecule has 1 N–H and O–H groups in total. The fourth-order valence-electron chi connectivity index (χ4n) is 1.74. The van der Waals surface area contributed by atoms with Gasteiger partial charge in [0.1, 0.15) is 6.54 Å². The molecule has 100 valence electrons. The van der Waals surface area contributed by atoms with E-state index < -0.39 is 25.0 Å². The molecule has 0 unspecified atom stereocenters. The van der Waals surface area contributed by atoms with Crippen LogP contribution in [0.2, 0.25) is 5.02 Å². The van der Waals surface area contributed by atoms with E-state index in [0.29, 0.717) is 5.69 Å². The maximum absolute atomic E-state index is 13.4. The van der Waals surface area contributed by atoms with E-state index in [0.717, 1.165) is 4.68 Å². The van der Waals surface area contributed by atoms with E-state index in [1.807, 2.05) is 0 Å². The van der Waals surface area contributed by atoms with E-state index in [1.54, 1.807) is 6.92 Å². The van der Waals surface area contributed by atoms with Gasteiger partial charge in [-0.15, -0.1) is 0 Å². The van der Waals surface area contributed by atoms with Gasteiger partial charge in [-0.1, -0.05) is 11.6 Å². The number of nitrogens with zero attached hydrogens (tertiary/aromatic N) is 2. The first-order valence-electron chi connectivity index (χ1n) is 5.45. The number of esters is 1. The molecule has 0 radical (unpaired) electrons. The highest BCUT2D eigenvalue weighted by molar-refractivity contribution is 6.34. The zero-order chi connectivity index (χ0) is 13.3. The summed E-state index contributed by atoms with van der Waals surface area (Å²) < 4.78 is 32.5. The molecule has 5 nitrogen and oxygen atoms in total. The minimum absolute atomic E-state index is 0.0682. The van der Waals surface area contributed by atoms with Gasteiger partial charge in [-0.2, -0.15) is 5.10 Å². The highest BCUT2D eigenvalue weighted by Gasteiger charge is 2.35. The minimum atomic E-state index is -2.92. The summed E-state index contributed by atoms with van der Waals surface area (Å²) in [5, 5.41) is 6.45. The Bertz CT molecular complexity index is 476. The van der Waals surface area contributed by atoms with Gasteiger partial charge in [0.05, 0.1) is 23.9 Å². The monoisotopic (exact) mass is 279 g/mol. The molecule has 1 aliphatic rings. The number of halogens is 3. The van der Waals surface area contributed by atoms with Crippen molar-refractivity contribution in [3.63, 3.8) is 0 Å². The molecule has 0 bridgehead atoms. The van der Waals surface area contributed by atoms with E-state index in [2.05, 4.69) is 10.4 Å². The van der Waals surface area contributed by atoms with E-state index in [-0.39, 0.29) is 23.9 Å². The smallest absolute Gasteiger partial charge is 0.360 e. The largest absolute Gasteiger partial charge is 0.461 e. The number of carbonyl (C=O) groups is 1. The fourth-order valence-corrected chi connectivity index (χ4v) is 2.02.